The van der Waals surface area contributed by atoms with Crippen LogP contribution in [-0.4, -0.2) is 29.9 Å². The summed E-state index contributed by atoms with van der Waals surface area (Å²) in [6, 6.07) is 0. The van der Waals surface area contributed by atoms with E-state index in [2.05, 4.69) is 64.7 Å². The minimum Gasteiger partial charge on any atom is -0.427 e. The zero-order valence-corrected chi connectivity index (χ0v) is 17.1. The fourth-order valence-electron chi connectivity index (χ4n) is 3.15. The molecule has 0 radical (unpaired) electrons. The molecule has 0 spiro atoms. The molecule has 8 heteroatoms. The van der Waals surface area contributed by atoms with Crippen LogP contribution in [0.5, 0.6) is 0 Å². The molecular formula is C19H28N6O2. The Hall–Kier alpha value is -2.51. The minimum atomic E-state index is -0.379. The average molecular weight is 372 g/mol. The molecule has 0 unspecified atom stereocenters. The van der Waals surface area contributed by atoms with Crippen molar-refractivity contribution in [1.82, 2.24) is 29.9 Å². The second-order valence-electron chi connectivity index (χ2n) is 8.68. The van der Waals surface area contributed by atoms with Gasteiger partial charge in [0.25, 0.3) is 0 Å². The third-order valence-corrected chi connectivity index (χ3v) is 4.89. The molecule has 3 aromatic rings. The zero-order chi connectivity index (χ0) is 19.8. The maximum atomic E-state index is 6.00. The molecule has 0 aliphatic rings. The fraction of sp³-hybridized carbons (Fsp3) is 0.632. The van der Waals surface area contributed by atoms with Crippen LogP contribution in [0, 0.1) is 0 Å². The molecule has 0 fully saturated rings. The Bertz CT molecular complexity index is 889. The molecular weight excluding hydrogens is 344 g/mol. The Kier molecular flexibility index (Phi) is 4.92. The predicted octanol–water partition coefficient (Wildman–Crippen LogP) is 3.35. The summed E-state index contributed by atoms with van der Waals surface area (Å²) in [6.45, 7) is 12.5. The van der Waals surface area contributed by atoms with Gasteiger partial charge in [0.1, 0.15) is 5.82 Å². The van der Waals surface area contributed by atoms with Gasteiger partial charge < -0.3 is 13.4 Å². The maximum absolute atomic E-state index is 6.00. The van der Waals surface area contributed by atoms with Crippen LogP contribution in [0.3, 0.4) is 0 Å². The van der Waals surface area contributed by atoms with E-state index in [0.717, 1.165) is 5.82 Å². The topological polar surface area (TPSA) is 95.7 Å². The lowest BCUT2D eigenvalue weighted by Crippen LogP contribution is -2.23. The highest BCUT2D eigenvalue weighted by atomic mass is 16.4. The lowest BCUT2D eigenvalue weighted by Gasteiger charge is -2.20. The number of hydrogen-bond donors (Lipinski definition) is 0. The fourth-order valence-corrected chi connectivity index (χ4v) is 3.15. The first kappa shape index (κ1) is 19.3. The summed E-state index contributed by atoms with van der Waals surface area (Å²) < 4.78 is 13.5. The van der Waals surface area contributed by atoms with Crippen LogP contribution in [0.15, 0.2) is 21.4 Å². The highest BCUT2D eigenvalue weighted by Crippen LogP contribution is 2.30. The SMILES string of the molecule is CC(C)c1cnc(CC(C)(C)c2nnc(CC(C)(C)c3nnco3)o2)n1C. The Morgan fingerprint density at radius 1 is 1.00 bits per heavy atom. The molecule has 146 valence electrons. The highest BCUT2D eigenvalue weighted by molar-refractivity contribution is 5.13. The third-order valence-electron chi connectivity index (χ3n) is 4.89. The summed E-state index contributed by atoms with van der Waals surface area (Å²) in [7, 11) is 2.06. The normalized spacial score (nSPS) is 12.9. The van der Waals surface area contributed by atoms with Crippen LogP contribution >= 0.6 is 0 Å². The molecule has 0 amide bonds. The monoisotopic (exact) mass is 372 g/mol. The lowest BCUT2D eigenvalue weighted by atomic mass is 9.88. The number of rotatable bonds is 7. The van der Waals surface area contributed by atoms with E-state index in [0.29, 0.717) is 36.4 Å². The van der Waals surface area contributed by atoms with Gasteiger partial charge in [-0.3, -0.25) is 0 Å². The molecule has 8 nitrogen and oxygen atoms in total. The molecule has 3 rings (SSSR count). The predicted molar refractivity (Wildman–Crippen MR) is 99.4 cm³/mol. The van der Waals surface area contributed by atoms with Gasteiger partial charge in [0.05, 0.1) is 5.41 Å². The van der Waals surface area contributed by atoms with Gasteiger partial charge in [-0.05, 0) is 5.92 Å². The molecule has 0 aliphatic heterocycles. The molecule has 27 heavy (non-hydrogen) atoms. The minimum absolute atomic E-state index is 0.326. The van der Waals surface area contributed by atoms with Gasteiger partial charge in [0, 0.05) is 37.2 Å². The third kappa shape index (κ3) is 3.94. The van der Waals surface area contributed by atoms with Crippen LogP contribution < -0.4 is 0 Å². The summed E-state index contributed by atoms with van der Waals surface area (Å²) in [4.78, 5) is 4.59. The molecule has 0 aromatic carbocycles. The highest BCUT2D eigenvalue weighted by Gasteiger charge is 2.33. The smallest absolute Gasteiger partial charge is 0.222 e. The van der Waals surface area contributed by atoms with E-state index in [9.17, 15) is 0 Å². The first-order valence-corrected chi connectivity index (χ1v) is 9.20. The lowest BCUT2D eigenvalue weighted by molar-refractivity contribution is 0.308. The quantitative estimate of drug-likeness (QED) is 0.627. The second-order valence-corrected chi connectivity index (χ2v) is 8.68. The number of aromatic nitrogens is 6. The zero-order valence-electron chi connectivity index (χ0n) is 17.1. The Morgan fingerprint density at radius 2 is 1.70 bits per heavy atom. The molecule has 0 aliphatic carbocycles. The van der Waals surface area contributed by atoms with Gasteiger partial charge in [-0.15, -0.1) is 20.4 Å². The van der Waals surface area contributed by atoms with E-state index < -0.39 is 0 Å². The maximum Gasteiger partial charge on any atom is 0.222 e. The Morgan fingerprint density at radius 3 is 2.30 bits per heavy atom. The van der Waals surface area contributed by atoms with E-state index in [1.54, 1.807) is 0 Å². The van der Waals surface area contributed by atoms with Crippen molar-refractivity contribution in [2.24, 2.45) is 7.05 Å². The van der Waals surface area contributed by atoms with E-state index >= 15 is 0 Å². The van der Waals surface area contributed by atoms with Crippen molar-refractivity contribution >= 4 is 0 Å². The largest absolute Gasteiger partial charge is 0.427 e. The van der Waals surface area contributed by atoms with Crippen LogP contribution in [0.2, 0.25) is 0 Å². The summed E-state index contributed by atoms with van der Waals surface area (Å²) in [6.07, 6.45) is 4.52. The number of hydrogen-bond acceptors (Lipinski definition) is 7. The van der Waals surface area contributed by atoms with Crippen molar-refractivity contribution in [3.05, 3.63) is 41.8 Å². The summed E-state index contributed by atoms with van der Waals surface area (Å²) in [5.74, 6) is 3.16. The molecule has 0 saturated heterocycles. The summed E-state index contributed by atoms with van der Waals surface area (Å²) in [5, 5.41) is 16.3. The van der Waals surface area contributed by atoms with Gasteiger partial charge in [-0.25, -0.2) is 4.98 Å². The Balaban J connectivity index is 1.76. The molecule has 3 heterocycles. The molecule has 0 atom stereocenters. The van der Waals surface area contributed by atoms with Crippen molar-refractivity contribution in [3.8, 4) is 0 Å². The second kappa shape index (κ2) is 6.90. The summed E-state index contributed by atoms with van der Waals surface area (Å²) >= 11 is 0. The average Bonchev–Trinajstić information content (AvgIpc) is 3.29. The van der Waals surface area contributed by atoms with E-state index in [-0.39, 0.29) is 10.8 Å². The molecule has 0 bridgehead atoms. The number of nitrogens with zero attached hydrogens (tertiary/aromatic N) is 6. The van der Waals surface area contributed by atoms with E-state index in [1.165, 1.54) is 12.1 Å². The van der Waals surface area contributed by atoms with Crippen LogP contribution in [0.4, 0.5) is 0 Å². The van der Waals surface area contributed by atoms with Crippen molar-refractivity contribution in [2.75, 3.05) is 0 Å². The van der Waals surface area contributed by atoms with Crippen molar-refractivity contribution in [3.63, 3.8) is 0 Å². The standard InChI is InChI=1S/C19H28N6O2/c1-12(2)13-10-20-14(25(13)7)8-18(3,4)17-24-22-15(27-17)9-19(5,6)16-23-21-11-26-16/h10-12H,8-9H2,1-7H3. The summed E-state index contributed by atoms with van der Waals surface area (Å²) in [5.41, 5.74) is 0.511. The van der Waals surface area contributed by atoms with Gasteiger partial charge in [0.15, 0.2) is 0 Å². The van der Waals surface area contributed by atoms with Gasteiger partial charge in [-0.2, -0.15) is 0 Å². The van der Waals surface area contributed by atoms with Crippen molar-refractivity contribution in [2.45, 2.75) is 71.1 Å². The van der Waals surface area contributed by atoms with Crippen LogP contribution in [0.1, 0.15) is 76.7 Å². The molecule has 0 N–H and O–H groups in total. The van der Waals surface area contributed by atoms with Crippen LogP contribution in [0.25, 0.3) is 0 Å². The van der Waals surface area contributed by atoms with E-state index in [1.807, 2.05) is 20.0 Å². The van der Waals surface area contributed by atoms with Crippen molar-refractivity contribution < 1.29 is 8.83 Å². The van der Waals surface area contributed by atoms with Gasteiger partial charge in [-0.1, -0.05) is 41.5 Å². The first-order chi connectivity index (χ1) is 12.6. The first-order valence-electron chi connectivity index (χ1n) is 9.20. The van der Waals surface area contributed by atoms with Crippen molar-refractivity contribution in [1.29, 1.82) is 0 Å². The van der Waals surface area contributed by atoms with Gasteiger partial charge >= 0.3 is 0 Å². The van der Waals surface area contributed by atoms with Crippen LogP contribution in [-0.2, 0) is 30.7 Å². The Labute approximate surface area is 159 Å². The van der Waals surface area contributed by atoms with E-state index in [4.69, 9.17) is 8.83 Å². The number of imidazole rings is 1. The molecule has 3 aromatic heterocycles. The van der Waals surface area contributed by atoms with Gasteiger partial charge in [0.2, 0.25) is 24.1 Å². The molecule has 0 saturated carbocycles.